The predicted molar refractivity (Wildman–Crippen MR) is 43.0 cm³/mol. The summed E-state index contributed by atoms with van der Waals surface area (Å²) in [5.41, 5.74) is 0.446. The Labute approximate surface area is 59.7 Å². The summed E-state index contributed by atoms with van der Waals surface area (Å²) in [6.07, 6.45) is 5.74. The Bertz CT molecular complexity index is 60.4. The number of hydrogen-bond donors (Lipinski definition) is 0. The van der Waals surface area contributed by atoms with E-state index in [1.165, 1.54) is 12.8 Å². The topological polar surface area (TPSA) is 0 Å². The largest absolute Gasteiger partial charge is 0.0649 e. The maximum atomic E-state index is 3.81. The van der Waals surface area contributed by atoms with Gasteiger partial charge in [-0.15, -0.1) is 0 Å². The lowest BCUT2D eigenvalue weighted by atomic mass is 9.81. The summed E-state index contributed by atoms with van der Waals surface area (Å²) in [6.45, 7) is 10.6. The molecule has 0 aromatic heterocycles. The minimum absolute atomic E-state index is 0.446. The van der Waals surface area contributed by atoms with Crippen LogP contribution in [0.4, 0.5) is 0 Å². The molecule has 0 nitrogen and oxygen atoms in total. The van der Waals surface area contributed by atoms with Crippen molar-refractivity contribution in [3.63, 3.8) is 0 Å². The molecule has 0 heterocycles. The molecule has 0 aliphatic carbocycles. The quantitative estimate of drug-likeness (QED) is 0.542. The third-order valence-corrected chi connectivity index (χ3v) is 2.25. The van der Waals surface area contributed by atoms with Gasteiger partial charge in [-0.3, -0.25) is 0 Å². The van der Waals surface area contributed by atoms with Crippen LogP contribution in [-0.4, -0.2) is 0 Å². The molecule has 0 N–H and O–H groups in total. The fraction of sp³-hybridized carbons (Fsp3) is 0.778. The summed E-state index contributed by atoms with van der Waals surface area (Å²) in [6, 6.07) is 0. The Hall–Kier alpha value is 0. The molecule has 0 bridgehead atoms. The molecule has 0 aromatic rings. The smallest absolute Gasteiger partial charge is 0.0300 e. The average molecular weight is 126 g/mol. The Morgan fingerprint density at radius 1 is 1.33 bits per heavy atom. The molecule has 9 heavy (non-hydrogen) atoms. The van der Waals surface area contributed by atoms with Crippen molar-refractivity contribution >= 4 is 0 Å². The van der Waals surface area contributed by atoms with Crippen LogP contribution in [0.1, 0.15) is 40.0 Å². The fourth-order valence-corrected chi connectivity index (χ4v) is 0.887. The van der Waals surface area contributed by atoms with Crippen molar-refractivity contribution in [2.75, 3.05) is 0 Å². The first kappa shape index (κ1) is 9.00. The van der Waals surface area contributed by atoms with Gasteiger partial charge >= 0.3 is 0 Å². The molecule has 0 heteroatoms. The fourth-order valence-electron chi connectivity index (χ4n) is 0.887. The van der Waals surface area contributed by atoms with Crippen LogP contribution in [0.2, 0.25) is 0 Å². The van der Waals surface area contributed by atoms with Crippen molar-refractivity contribution in [1.82, 2.24) is 0 Å². The van der Waals surface area contributed by atoms with Gasteiger partial charge < -0.3 is 0 Å². The lowest BCUT2D eigenvalue weighted by molar-refractivity contribution is 0.354. The van der Waals surface area contributed by atoms with Crippen molar-refractivity contribution < 1.29 is 0 Å². The van der Waals surface area contributed by atoms with Crippen molar-refractivity contribution in [3.05, 3.63) is 13.3 Å². The standard InChI is InChI=1S/C9H18/c1-5-8-9(4,6-2)7-3/h8H,1,5-7H2,2-4H3. The minimum atomic E-state index is 0.446. The summed E-state index contributed by atoms with van der Waals surface area (Å²) < 4.78 is 0. The molecule has 0 aliphatic rings. The number of rotatable bonds is 4. The van der Waals surface area contributed by atoms with E-state index in [9.17, 15) is 0 Å². The van der Waals surface area contributed by atoms with Crippen LogP contribution in [-0.2, 0) is 0 Å². The van der Waals surface area contributed by atoms with E-state index in [0.717, 1.165) is 6.42 Å². The zero-order valence-corrected chi connectivity index (χ0v) is 6.91. The van der Waals surface area contributed by atoms with Gasteiger partial charge in [0, 0.05) is 0 Å². The Balaban J connectivity index is 3.62. The van der Waals surface area contributed by atoms with Gasteiger partial charge in [0.1, 0.15) is 0 Å². The van der Waals surface area contributed by atoms with Crippen LogP contribution in [0.25, 0.3) is 0 Å². The molecular formula is C9H18. The van der Waals surface area contributed by atoms with Crippen LogP contribution >= 0.6 is 0 Å². The molecule has 0 fully saturated rings. The second kappa shape index (κ2) is 3.92. The first-order valence-electron chi connectivity index (χ1n) is 3.82. The van der Waals surface area contributed by atoms with Gasteiger partial charge in [0.15, 0.2) is 0 Å². The molecule has 0 spiro atoms. The maximum Gasteiger partial charge on any atom is -0.0300 e. The van der Waals surface area contributed by atoms with Crippen LogP contribution < -0.4 is 0 Å². The van der Waals surface area contributed by atoms with E-state index in [1.807, 2.05) is 0 Å². The molecule has 0 atom stereocenters. The Kier molecular flexibility index (Phi) is 3.92. The third-order valence-electron chi connectivity index (χ3n) is 2.25. The van der Waals surface area contributed by atoms with E-state index in [4.69, 9.17) is 0 Å². The Morgan fingerprint density at radius 3 is 1.89 bits per heavy atom. The second-order valence-electron chi connectivity index (χ2n) is 2.85. The van der Waals surface area contributed by atoms with Crippen molar-refractivity contribution in [2.24, 2.45) is 5.41 Å². The molecule has 0 rings (SSSR count). The van der Waals surface area contributed by atoms with Gasteiger partial charge in [0.2, 0.25) is 0 Å². The maximum absolute atomic E-state index is 3.81. The third kappa shape index (κ3) is 2.88. The molecule has 0 aromatic carbocycles. The van der Waals surface area contributed by atoms with Crippen LogP contribution in [0, 0.1) is 18.8 Å². The van der Waals surface area contributed by atoms with Crippen LogP contribution in [0.3, 0.4) is 0 Å². The van der Waals surface area contributed by atoms with Gasteiger partial charge in [0.25, 0.3) is 0 Å². The van der Waals surface area contributed by atoms with Crippen molar-refractivity contribution in [3.8, 4) is 0 Å². The van der Waals surface area contributed by atoms with E-state index < -0.39 is 0 Å². The van der Waals surface area contributed by atoms with Gasteiger partial charge in [0.05, 0.1) is 0 Å². The highest BCUT2D eigenvalue weighted by Crippen LogP contribution is 2.29. The van der Waals surface area contributed by atoms with E-state index in [-0.39, 0.29) is 0 Å². The van der Waals surface area contributed by atoms with E-state index in [2.05, 4.69) is 34.1 Å². The average Bonchev–Trinajstić information content (AvgIpc) is 1.89. The van der Waals surface area contributed by atoms with Gasteiger partial charge in [-0.05, 0) is 18.3 Å². The van der Waals surface area contributed by atoms with Gasteiger partial charge in [-0.1, -0.05) is 40.5 Å². The van der Waals surface area contributed by atoms with Crippen molar-refractivity contribution in [2.45, 2.75) is 40.0 Å². The van der Waals surface area contributed by atoms with E-state index in [1.54, 1.807) is 0 Å². The molecule has 54 valence electrons. The molecule has 0 saturated heterocycles. The monoisotopic (exact) mass is 126 g/mol. The summed E-state index contributed by atoms with van der Waals surface area (Å²) in [5.74, 6) is 0. The lowest BCUT2D eigenvalue weighted by Gasteiger charge is -2.25. The van der Waals surface area contributed by atoms with Gasteiger partial charge in [-0.2, -0.15) is 0 Å². The summed E-state index contributed by atoms with van der Waals surface area (Å²) in [4.78, 5) is 0. The van der Waals surface area contributed by atoms with Crippen molar-refractivity contribution in [1.29, 1.82) is 0 Å². The summed E-state index contributed by atoms with van der Waals surface area (Å²) in [5, 5.41) is 0. The molecular weight excluding hydrogens is 108 g/mol. The zero-order valence-electron chi connectivity index (χ0n) is 6.91. The van der Waals surface area contributed by atoms with E-state index in [0.29, 0.717) is 5.41 Å². The first-order valence-corrected chi connectivity index (χ1v) is 3.82. The lowest BCUT2D eigenvalue weighted by Crippen LogP contribution is -2.13. The first-order chi connectivity index (χ1) is 4.18. The van der Waals surface area contributed by atoms with Gasteiger partial charge in [-0.25, -0.2) is 0 Å². The molecule has 0 aliphatic heterocycles. The molecule has 0 saturated carbocycles. The van der Waals surface area contributed by atoms with Crippen LogP contribution in [0.15, 0.2) is 0 Å². The SMILES string of the molecule is [CH2]C[CH]C(C)(CC)CC. The highest BCUT2D eigenvalue weighted by Gasteiger charge is 2.17. The highest BCUT2D eigenvalue weighted by molar-refractivity contribution is 4.86. The normalized spacial score (nSPS) is 12.0. The van der Waals surface area contributed by atoms with E-state index >= 15 is 0 Å². The van der Waals surface area contributed by atoms with Crippen LogP contribution in [0.5, 0.6) is 0 Å². The highest BCUT2D eigenvalue weighted by atomic mass is 14.2. The molecule has 0 unspecified atom stereocenters. The molecule has 0 amide bonds. The second-order valence-corrected chi connectivity index (χ2v) is 2.85. The minimum Gasteiger partial charge on any atom is -0.0649 e. The molecule has 2 radical (unpaired) electrons. The Morgan fingerprint density at radius 2 is 1.78 bits per heavy atom. The summed E-state index contributed by atoms with van der Waals surface area (Å²) in [7, 11) is 0. The predicted octanol–water partition coefficient (Wildman–Crippen LogP) is 3.24. The summed E-state index contributed by atoms with van der Waals surface area (Å²) >= 11 is 0. The number of hydrogen-bond acceptors (Lipinski definition) is 0. The zero-order chi connectivity index (χ0) is 7.33.